The monoisotopic (exact) mass is 472 g/mol. The third kappa shape index (κ3) is 5.09. The normalized spacial score (nSPS) is 12.3. The summed E-state index contributed by atoms with van der Waals surface area (Å²) in [5.41, 5.74) is -0.224. The second-order valence-corrected chi connectivity index (χ2v) is 10.4. The first kappa shape index (κ1) is 22.8. The summed E-state index contributed by atoms with van der Waals surface area (Å²) in [6.07, 6.45) is 1.21. The molecule has 0 aliphatic heterocycles. The smallest absolute Gasteiger partial charge is 0.274 e. The number of halogens is 2. The summed E-state index contributed by atoms with van der Waals surface area (Å²) in [6.45, 7) is 1.30. The number of aromatic amines is 1. The largest absolute Gasteiger partial charge is 0.443 e. The molecule has 3 aromatic rings. The molecule has 0 unspecified atom stereocenters. The Kier molecular flexibility index (Phi) is 6.16. The van der Waals surface area contributed by atoms with Gasteiger partial charge in [-0.3, -0.25) is 4.79 Å². The number of sulfone groups is 1. The van der Waals surface area contributed by atoms with Crippen LogP contribution < -0.4 is 10.3 Å². The van der Waals surface area contributed by atoms with Crippen LogP contribution in [0, 0.1) is 11.6 Å². The van der Waals surface area contributed by atoms with E-state index < -0.39 is 53.7 Å². The fourth-order valence-corrected chi connectivity index (χ4v) is 4.65. The lowest BCUT2D eigenvalue weighted by molar-refractivity contribution is 0.454. The molecule has 0 aliphatic carbocycles. The van der Waals surface area contributed by atoms with Gasteiger partial charge < -0.3 is 9.40 Å². The van der Waals surface area contributed by atoms with Crippen LogP contribution in [0.3, 0.4) is 0 Å². The third-order valence-corrected chi connectivity index (χ3v) is 6.67. The number of aromatic nitrogens is 1. The molecule has 2 heterocycles. The Bertz CT molecular complexity index is 1390. The number of H-pyrrole nitrogens is 1. The van der Waals surface area contributed by atoms with Gasteiger partial charge in [0, 0.05) is 24.4 Å². The molecule has 0 atom stereocenters. The molecular formula is C19H18F2N2O6S2. The lowest BCUT2D eigenvalue weighted by Crippen LogP contribution is -2.23. The number of hydrogen-bond acceptors (Lipinski definition) is 6. The van der Waals surface area contributed by atoms with Crippen molar-refractivity contribution in [1.29, 1.82) is 0 Å². The summed E-state index contributed by atoms with van der Waals surface area (Å²) in [6, 6.07) is 6.29. The van der Waals surface area contributed by atoms with Gasteiger partial charge in [-0.1, -0.05) is 6.92 Å². The number of aryl methyl sites for hydroxylation is 1. The van der Waals surface area contributed by atoms with Gasteiger partial charge in [0.05, 0.1) is 5.56 Å². The Hall–Kier alpha value is -2.83. The van der Waals surface area contributed by atoms with Crippen LogP contribution in [0.5, 0.6) is 0 Å². The zero-order valence-corrected chi connectivity index (χ0v) is 18.0. The van der Waals surface area contributed by atoms with Crippen molar-refractivity contribution in [2.24, 2.45) is 0 Å². The van der Waals surface area contributed by atoms with Crippen molar-refractivity contribution in [2.45, 2.75) is 30.0 Å². The summed E-state index contributed by atoms with van der Waals surface area (Å²) < 4.78 is 83.3. The van der Waals surface area contributed by atoms with E-state index in [1.807, 2.05) is 0 Å². The first-order chi connectivity index (χ1) is 14.4. The minimum absolute atomic E-state index is 0.00704. The van der Waals surface area contributed by atoms with Gasteiger partial charge in [-0.15, -0.1) is 0 Å². The summed E-state index contributed by atoms with van der Waals surface area (Å²) in [5.74, 6) is -1.80. The minimum Gasteiger partial charge on any atom is -0.443 e. The van der Waals surface area contributed by atoms with E-state index in [1.54, 1.807) is 6.92 Å². The van der Waals surface area contributed by atoms with Crippen LogP contribution >= 0.6 is 0 Å². The molecule has 2 aromatic heterocycles. The SMILES string of the molecule is CCc1cc(-c2ccc(S(=O)(=O)NCc3cc(F)cc(F)c3)o2)c(S(C)(=O)=O)[nH]c1=O. The van der Waals surface area contributed by atoms with Crippen molar-refractivity contribution < 1.29 is 30.0 Å². The van der Waals surface area contributed by atoms with Crippen LogP contribution in [0.4, 0.5) is 8.78 Å². The highest BCUT2D eigenvalue weighted by Gasteiger charge is 2.24. The molecule has 0 radical (unpaired) electrons. The molecule has 12 heteroatoms. The molecule has 166 valence electrons. The molecule has 0 spiro atoms. The highest BCUT2D eigenvalue weighted by Crippen LogP contribution is 2.29. The zero-order valence-electron chi connectivity index (χ0n) is 16.4. The van der Waals surface area contributed by atoms with Gasteiger partial charge in [-0.25, -0.2) is 30.3 Å². The Labute approximate surface area is 176 Å². The molecule has 0 amide bonds. The molecular weight excluding hydrogens is 454 g/mol. The highest BCUT2D eigenvalue weighted by atomic mass is 32.2. The van der Waals surface area contributed by atoms with Crippen molar-refractivity contribution in [3.05, 3.63) is 69.5 Å². The maximum atomic E-state index is 13.3. The molecule has 8 nitrogen and oxygen atoms in total. The Morgan fingerprint density at radius 1 is 1.03 bits per heavy atom. The number of rotatable bonds is 7. The Morgan fingerprint density at radius 2 is 1.68 bits per heavy atom. The van der Waals surface area contributed by atoms with E-state index in [0.717, 1.165) is 24.5 Å². The predicted molar refractivity (Wildman–Crippen MR) is 108 cm³/mol. The van der Waals surface area contributed by atoms with Crippen molar-refractivity contribution in [2.75, 3.05) is 6.26 Å². The summed E-state index contributed by atoms with van der Waals surface area (Å²) in [4.78, 5) is 14.3. The highest BCUT2D eigenvalue weighted by molar-refractivity contribution is 7.90. The molecule has 0 saturated heterocycles. The van der Waals surface area contributed by atoms with Crippen LogP contribution in [0.1, 0.15) is 18.1 Å². The second kappa shape index (κ2) is 8.36. The van der Waals surface area contributed by atoms with Gasteiger partial charge in [-0.2, -0.15) is 0 Å². The predicted octanol–water partition coefficient (Wildman–Crippen LogP) is 2.36. The van der Waals surface area contributed by atoms with Crippen LogP contribution in [0.15, 0.2) is 55.7 Å². The van der Waals surface area contributed by atoms with Gasteiger partial charge in [0.2, 0.25) is 5.09 Å². The minimum atomic E-state index is -4.23. The Balaban J connectivity index is 1.96. The number of pyridine rings is 1. The number of nitrogens with one attached hydrogen (secondary N) is 2. The van der Waals surface area contributed by atoms with Crippen molar-refractivity contribution in [3.8, 4) is 11.3 Å². The molecule has 0 fully saturated rings. The van der Waals surface area contributed by atoms with E-state index in [4.69, 9.17) is 4.42 Å². The van der Waals surface area contributed by atoms with E-state index in [1.165, 1.54) is 12.1 Å². The average molecular weight is 472 g/mol. The topological polar surface area (TPSA) is 126 Å². The summed E-state index contributed by atoms with van der Waals surface area (Å²) >= 11 is 0. The number of hydrogen-bond donors (Lipinski definition) is 2. The summed E-state index contributed by atoms with van der Waals surface area (Å²) in [5, 5.41) is -0.945. The van der Waals surface area contributed by atoms with Gasteiger partial charge >= 0.3 is 0 Å². The van der Waals surface area contributed by atoms with E-state index >= 15 is 0 Å². The van der Waals surface area contributed by atoms with E-state index in [2.05, 4.69) is 9.71 Å². The van der Waals surface area contributed by atoms with Gasteiger partial charge in [-0.05, 0) is 42.3 Å². The zero-order chi connectivity index (χ0) is 23.0. The fraction of sp³-hybridized carbons (Fsp3) is 0.211. The number of furan rings is 1. The summed E-state index contributed by atoms with van der Waals surface area (Å²) in [7, 11) is -8.09. The van der Waals surface area contributed by atoms with Crippen molar-refractivity contribution >= 4 is 19.9 Å². The van der Waals surface area contributed by atoms with Crippen molar-refractivity contribution in [3.63, 3.8) is 0 Å². The molecule has 0 saturated carbocycles. The molecule has 2 N–H and O–H groups in total. The maximum absolute atomic E-state index is 13.3. The van der Waals surface area contributed by atoms with Gasteiger partial charge in [0.15, 0.2) is 9.84 Å². The lowest BCUT2D eigenvalue weighted by atomic mass is 10.1. The van der Waals surface area contributed by atoms with E-state index in [0.29, 0.717) is 12.5 Å². The van der Waals surface area contributed by atoms with Gasteiger partial charge in [0.25, 0.3) is 15.6 Å². The quantitative estimate of drug-likeness (QED) is 0.544. The molecule has 0 aliphatic rings. The van der Waals surface area contributed by atoms with Gasteiger partial charge in [0.1, 0.15) is 22.4 Å². The standard InChI is InChI=1S/C19H18F2N2O6S2/c1-3-12-8-15(19(23-18(12)24)30(2,25)26)16-4-5-17(29-16)31(27,28)22-10-11-6-13(20)9-14(21)7-11/h4-9,22H,3,10H2,1-2H3,(H,23,24). The average Bonchev–Trinajstić information content (AvgIpc) is 3.16. The van der Waals surface area contributed by atoms with Crippen LogP contribution in [-0.2, 0) is 32.8 Å². The molecule has 31 heavy (non-hydrogen) atoms. The van der Waals surface area contributed by atoms with E-state index in [-0.39, 0.29) is 22.5 Å². The maximum Gasteiger partial charge on any atom is 0.274 e. The van der Waals surface area contributed by atoms with Crippen LogP contribution in [0.25, 0.3) is 11.3 Å². The molecule has 1 aromatic carbocycles. The Morgan fingerprint density at radius 3 is 2.26 bits per heavy atom. The first-order valence-electron chi connectivity index (χ1n) is 8.92. The number of sulfonamides is 1. The van der Waals surface area contributed by atoms with Crippen LogP contribution in [0.2, 0.25) is 0 Å². The third-order valence-electron chi connectivity index (χ3n) is 4.33. The molecule has 3 rings (SSSR count). The molecule has 0 bridgehead atoms. The van der Waals surface area contributed by atoms with Crippen LogP contribution in [-0.4, -0.2) is 28.1 Å². The van der Waals surface area contributed by atoms with E-state index in [9.17, 15) is 30.4 Å². The lowest BCUT2D eigenvalue weighted by Gasteiger charge is -2.08. The first-order valence-corrected chi connectivity index (χ1v) is 12.3. The van der Waals surface area contributed by atoms with Crippen molar-refractivity contribution in [1.82, 2.24) is 9.71 Å². The second-order valence-electron chi connectivity index (χ2n) is 6.71. The fourth-order valence-electron chi connectivity index (χ4n) is 2.87. The number of benzene rings is 1.